The fourth-order valence-corrected chi connectivity index (χ4v) is 4.18. The van der Waals surface area contributed by atoms with E-state index in [1.807, 2.05) is 18.2 Å². The molecule has 0 N–H and O–H groups in total. The van der Waals surface area contributed by atoms with Gasteiger partial charge in [-0.05, 0) is 36.8 Å². The molecule has 1 aromatic heterocycles. The van der Waals surface area contributed by atoms with Crippen molar-refractivity contribution in [1.82, 2.24) is 4.57 Å². The molecule has 0 radical (unpaired) electrons. The lowest BCUT2D eigenvalue weighted by Crippen LogP contribution is -2.17. The molecule has 118 valence electrons. The zero-order valence-corrected chi connectivity index (χ0v) is 15.6. The number of carbonyl (C=O) groups is 1. The zero-order valence-electron chi connectivity index (χ0n) is 12.4. The van der Waals surface area contributed by atoms with Gasteiger partial charge in [-0.25, -0.2) is 0 Å². The van der Waals surface area contributed by atoms with E-state index >= 15 is 0 Å². The van der Waals surface area contributed by atoms with Crippen LogP contribution in [0.4, 0.5) is 0 Å². The molecule has 0 aliphatic rings. The van der Waals surface area contributed by atoms with Crippen LogP contribution in [-0.2, 0) is 6.54 Å². The van der Waals surface area contributed by atoms with E-state index in [1.54, 1.807) is 24.3 Å². The number of thiazole rings is 1. The molecule has 0 spiro atoms. The summed E-state index contributed by atoms with van der Waals surface area (Å²) in [6, 6.07) is 13.1. The predicted octanol–water partition coefficient (Wildman–Crippen LogP) is 5.27. The summed E-state index contributed by atoms with van der Waals surface area (Å²) in [4.78, 5) is 17.5. The van der Waals surface area contributed by atoms with Crippen molar-refractivity contribution in [1.29, 1.82) is 0 Å². The molecule has 0 aliphatic carbocycles. The van der Waals surface area contributed by atoms with Gasteiger partial charge in [0.25, 0.3) is 5.91 Å². The third-order valence-electron chi connectivity index (χ3n) is 3.39. The Kier molecular flexibility index (Phi) is 4.99. The fourth-order valence-electron chi connectivity index (χ4n) is 2.35. The highest BCUT2D eigenvalue weighted by Crippen LogP contribution is 2.23. The molecule has 3 rings (SSSR count). The van der Waals surface area contributed by atoms with E-state index in [1.165, 1.54) is 11.3 Å². The van der Waals surface area contributed by atoms with Gasteiger partial charge in [0.05, 0.1) is 20.8 Å². The number of benzene rings is 2. The van der Waals surface area contributed by atoms with Crippen LogP contribution >= 0.6 is 38.9 Å². The monoisotopic (exact) mass is 408 g/mol. The van der Waals surface area contributed by atoms with E-state index in [0.29, 0.717) is 15.4 Å². The van der Waals surface area contributed by atoms with Crippen LogP contribution in [0.25, 0.3) is 10.2 Å². The Hall–Kier alpha value is -1.43. The molecule has 0 atom stereocenters. The maximum Gasteiger partial charge on any atom is 0.281 e. The molecule has 6 heteroatoms. The molecule has 1 heterocycles. The molecule has 0 saturated heterocycles. The standard InChI is InChI=1S/C17H14BrClN2OS/c1-2-9-21-14-8-7-11(18)10-15(14)23-17(21)20-16(22)12-5-3-4-6-13(12)19/h3-8,10H,2,9H2,1H3. The molecule has 0 aliphatic heterocycles. The molecule has 2 aromatic carbocycles. The highest BCUT2D eigenvalue weighted by Gasteiger charge is 2.11. The number of fused-ring (bicyclic) bond motifs is 1. The Balaban J connectivity index is 2.16. The number of halogens is 2. The van der Waals surface area contributed by atoms with Crippen molar-refractivity contribution < 1.29 is 4.79 Å². The molecule has 3 aromatic rings. The van der Waals surface area contributed by atoms with Gasteiger partial charge in [0.1, 0.15) is 0 Å². The third kappa shape index (κ3) is 3.42. The molecular weight excluding hydrogens is 396 g/mol. The number of hydrogen-bond donors (Lipinski definition) is 0. The predicted molar refractivity (Wildman–Crippen MR) is 99.2 cm³/mol. The highest BCUT2D eigenvalue weighted by atomic mass is 79.9. The van der Waals surface area contributed by atoms with Crippen molar-refractivity contribution >= 4 is 55.0 Å². The van der Waals surface area contributed by atoms with E-state index in [4.69, 9.17) is 11.6 Å². The van der Waals surface area contributed by atoms with Gasteiger partial charge in [0, 0.05) is 11.0 Å². The van der Waals surface area contributed by atoms with Crippen LogP contribution in [0.5, 0.6) is 0 Å². The minimum absolute atomic E-state index is 0.314. The summed E-state index contributed by atoms with van der Waals surface area (Å²) in [7, 11) is 0. The zero-order chi connectivity index (χ0) is 16.4. The number of hydrogen-bond acceptors (Lipinski definition) is 2. The van der Waals surface area contributed by atoms with Gasteiger partial charge in [-0.2, -0.15) is 4.99 Å². The molecule has 23 heavy (non-hydrogen) atoms. The second-order valence-electron chi connectivity index (χ2n) is 5.05. The average molecular weight is 410 g/mol. The van der Waals surface area contributed by atoms with Crippen LogP contribution in [0.15, 0.2) is 51.9 Å². The molecule has 1 amide bonds. The summed E-state index contributed by atoms with van der Waals surface area (Å²) in [6.45, 7) is 2.92. The molecule has 0 unspecified atom stereocenters. The summed E-state index contributed by atoms with van der Waals surface area (Å²) in [5, 5.41) is 0.423. The Labute approximate surface area is 151 Å². The van der Waals surface area contributed by atoms with Crippen LogP contribution in [0.2, 0.25) is 5.02 Å². The number of nitrogens with zero attached hydrogens (tertiary/aromatic N) is 2. The number of aryl methyl sites for hydroxylation is 1. The van der Waals surface area contributed by atoms with E-state index < -0.39 is 0 Å². The largest absolute Gasteiger partial charge is 0.316 e. The van der Waals surface area contributed by atoms with Gasteiger partial charge >= 0.3 is 0 Å². The third-order valence-corrected chi connectivity index (χ3v) is 5.26. The first-order valence-electron chi connectivity index (χ1n) is 7.22. The molecule has 0 fully saturated rings. The lowest BCUT2D eigenvalue weighted by molar-refractivity contribution is 0.0998. The van der Waals surface area contributed by atoms with Crippen LogP contribution in [-0.4, -0.2) is 10.5 Å². The van der Waals surface area contributed by atoms with Crippen LogP contribution in [0, 0.1) is 0 Å². The number of aromatic nitrogens is 1. The van der Waals surface area contributed by atoms with Crippen molar-refractivity contribution in [2.75, 3.05) is 0 Å². The first-order chi connectivity index (χ1) is 11.1. The van der Waals surface area contributed by atoms with Crippen molar-refractivity contribution in [2.24, 2.45) is 4.99 Å². The minimum atomic E-state index is -0.314. The lowest BCUT2D eigenvalue weighted by Gasteiger charge is -2.03. The van der Waals surface area contributed by atoms with E-state index in [2.05, 4.69) is 32.4 Å². The summed E-state index contributed by atoms with van der Waals surface area (Å²) in [5.41, 5.74) is 1.52. The van der Waals surface area contributed by atoms with Gasteiger partial charge < -0.3 is 4.57 Å². The minimum Gasteiger partial charge on any atom is -0.316 e. The van der Waals surface area contributed by atoms with Crippen LogP contribution < -0.4 is 4.80 Å². The number of amides is 1. The van der Waals surface area contributed by atoms with E-state index in [-0.39, 0.29) is 5.91 Å². The molecule has 0 bridgehead atoms. The SMILES string of the molecule is CCCn1c(=NC(=O)c2ccccc2Cl)sc2cc(Br)ccc21. The van der Waals surface area contributed by atoms with Gasteiger partial charge in [-0.1, -0.05) is 57.9 Å². The fraction of sp³-hybridized carbons (Fsp3) is 0.176. The first kappa shape index (κ1) is 16.4. The van der Waals surface area contributed by atoms with Crippen LogP contribution in [0.1, 0.15) is 23.7 Å². The second-order valence-corrected chi connectivity index (χ2v) is 7.38. The molecule has 0 saturated carbocycles. The topological polar surface area (TPSA) is 34.4 Å². The first-order valence-corrected chi connectivity index (χ1v) is 9.21. The quantitative estimate of drug-likeness (QED) is 0.580. The van der Waals surface area contributed by atoms with E-state index in [0.717, 1.165) is 27.7 Å². The normalized spacial score (nSPS) is 12.0. The van der Waals surface area contributed by atoms with Crippen molar-refractivity contribution in [3.63, 3.8) is 0 Å². The van der Waals surface area contributed by atoms with Crippen LogP contribution in [0.3, 0.4) is 0 Å². The number of carbonyl (C=O) groups excluding carboxylic acids is 1. The Morgan fingerprint density at radius 2 is 2.09 bits per heavy atom. The van der Waals surface area contributed by atoms with Crippen molar-refractivity contribution in [3.05, 3.63) is 62.3 Å². The summed E-state index contributed by atoms with van der Waals surface area (Å²) in [5.74, 6) is -0.314. The van der Waals surface area contributed by atoms with Gasteiger partial charge in [0.2, 0.25) is 0 Å². The van der Waals surface area contributed by atoms with Gasteiger partial charge in [-0.3, -0.25) is 4.79 Å². The smallest absolute Gasteiger partial charge is 0.281 e. The van der Waals surface area contributed by atoms with Crippen molar-refractivity contribution in [3.8, 4) is 0 Å². The highest BCUT2D eigenvalue weighted by molar-refractivity contribution is 9.10. The Bertz CT molecular complexity index is 945. The maximum absolute atomic E-state index is 12.5. The van der Waals surface area contributed by atoms with Crippen molar-refractivity contribution in [2.45, 2.75) is 19.9 Å². The van der Waals surface area contributed by atoms with Gasteiger partial charge in [0.15, 0.2) is 4.80 Å². The maximum atomic E-state index is 12.5. The average Bonchev–Trinajstić information content (AvgIpc) is 2.84. The Morgan fingerprint density at radius 3 is 2.83 bits per heavy atom. The van der Waals surface area contributed by atoms with E-state index in [9.17, 15) is 4.79 Å². The summed E-state index contributed by atoms with van der Waals surface area (Å²) >= 11 is 11.1. The number of rotatable bonds is 3. The molecule has 3 nitrogen and oxygen atoms in total. The Morgan fingerprint density at radius 1 is 1.30 bits per heavy atom. The van der Waals surface area contributed by atoms with Gasteiger partial charge in [-0.15, -0.1) is 0 Å². The second kappa shape index (κ2) is 6.99. The summed E-state index contributed by atoms with van der Waals surface area (Å²) < 4.78 is 4.19. The summed E-state index contributed by atoms with van der Waals surface area (Å²) in [6.07, 6.45) is 0.968. The molecular formula is C17H14BrClN2OS. The lowest BCUT2D eigenvalue weighted by atomic mass is 10.2.